The molecule has 28 heavy (non-hydrogen) atoms. The number of carbonyl (C=O) groups excluding carboxylic acids is 2. The van der Waals surface area contributed by atoms with Crippen molar-refractivity contribution in [1.82, 2.24) is 4.72 Å². The van der Waals surface area contributed by atoms with Crippen molar-refractivity contribution in [2.24, 2.45) is 0 Å². The Balaban J connectivity index is 2.11. The van der Waals surface area contributed by atoms with Crippen LogP contribution in [0, 0.1) is 13.8 Å². The molecule has 0 saturated carbocycles. The Morgan fingerprint density at radius 3 is 2.29 bits per heavy atom. The van der Waals surface area contributed by atoms with Crippen LogP contribution in [0.1, 0.15) is 21.5 Å². The lowest BCUT2D eigenvalue weighted by atomic mass is 10.1. The Morgan fingerprint density at radius 1 is 1.07 bits per heavy atom. The monoisotopic (exact) mass is 406 g/mol. The summed E-state index contributed by atoms with van der Waals surface area (Å²) in [7, 11) is -1.27. The third-order valence-corrected chi connectivity index (χ3v) is 5.47. The number of esters is 1. The van der Waals surface area contributed by atoms with E-state index in [1.54, 1.807) is 0 Å². The molecule has 0 atom stereocenters. The van der Waals surface area contributed by atoms with Crippen LogP contribution >= 0.6 is 0 Å². The molecule has 0 unspecified atom stereocenters. The molecule has 0 spiro atoms. The van der Waals surface area contributed by atoms with Gasteiger partial charge in [0, 0.05) is 5.69 Å². The van der Waals surface area contributed by atoms with Gasteiger partial charge in [0.25, 0.3) is 5.91 Å². The molecule has 2 N–H and O–H groups in total. The van der Waals surface area contributed by atoms with E-state index in [2.05, 4.69) is 10.0 Å². The van der Waals surface area contributed by atoms with Gasteiger partial charge in [-0.1, -0.05) is 18.2 Å². The molecular weight excluding hydrogens is 384 g/mol. The maximum absolute atomic E-state index is 12.2. The van der Waals surface area contributed by atoms with E-state index in [-0.39, 0.29) is 16.2 Å². The topological polar surface area (TPSA) is 111 Å². The van der Waals surface area contributed by atoms with Crippen molar-refractivity contribution in [2.75, 3.05) is 26.1 Å². The number of ether oxygens (including phenoxy) is 2. The highest BCUT2D eigenvalue weighted by Crippen LogP contribution is 2.25. The number of amides is 1. The van der Waals surface area contributed by atoms with E-state index in [1.807, 2.05) is 32.0 Å². The quantitative estimate of drug-likeness (QED) is 0.681. The maximum Gasteiger partial charge on any atom is 0.338 e. The van der Waals surface area contributed by atoms with Crippen LogP contribution in [0.25, 0.3) is 0 Å². The number of hydrogen-bond donors (Lipinski definition) is 2. The largest absolute Gasteiger partial charge is 0.495 e. The molecule has 2 aromatic rings. The number of aryl methyl sites for hydroxylation is 2. The molecule has 2 rings (SSSR count). The van der Waals surface area contributed by atoms with Crippen LogP contribution in [-0.4, -0.2) is 41.1 Å². The zero-order valence-electron chi connectivity index (χ0n) is 16.0. The highest BCUT2D eigenvalue weighted by molar-refractivity contribution is 7.89. The van der Waals surface area contributed by atoms with Gasteiger partial charge in [-0.05, 0) is 50.2 Å². The number of rotatable bonds is 7. The fraction of sp³-hybridized carbons (Fsp3) is 0.263. The maximum atomic E-state index is 12.2. The smallest absolute Gasteiger partial charge is 0.338 e. The summed E-state index contributed by atoms with van der Waals surface area (Å²) < 4.78 is 36.4. The Bertz CT molecular complexity index is 981. The van der Waals surface area contributed by atoms with E-state index in [0.717, 1.165) is 17.2 Å². The molecule has 9 heteroatoms. The normalized spacial score (nSPS) is 11.0. The van der Waals surface area contributed by atoms with Crippen LogP contribution in [0.2, 0.25) is 0 Å². The van der Waals surface area contributed by atoms with E-state index in [0.29, 0.717) is 5.69 Å². The Hall–Kier alpha value is -2.91. The van der Waals surface area contributed by atoms with Gasteiger partial charge in [-0.2, -0.15) is 0 Å². The first-order valence-corrected chi connectivity index (χ1v) is 9.82. The Kier molecular flexibility index (Phi) is 6.76. The van der Waals surface area contributed by atoms with Crippen LogP contribution in [0.4, 0.5) is 5.69 Å². The second-order valence-corrected chi connectivity index (χ2v) is 7.82. The molecule has 0 bridgehead atoms. The number of carbonyl (C=O) groups is 2. The summed E-state index contributed by atoms with van der Waals surface area (Å²) in [5.41, 5.74) is 2.42. The molecule has 0 fully saturated rings. The lowest BCUT2D eigenvalue weighted by molar-refractivity contribution is -0.119. The predicted molar refractivity (Wildman–Crippen MR) is 104 cm³/mol. The summed E-state index contributed by atoms with van der Waals surface area (Å²) in [6.07, 6.45) is 0. The molecule has 0 saturated heterocycles. The molecule has 2 aromatic carbocycles. The molecule has 0 aliphatic rings. The summed E-state index contributed by atoms with van der Waals surface area (Å²) in [5.74, 6) is -1.24. The zero-order chi connectivity index (χ0) is 20.9. The predicted octanol–water partition coefficient (Wildman–Crippen LogP) is 2.02. The van der Waals surface area contributed by atoms with E-state index >= 15 is 0 Å². The van der Waals surface area contributed by atoms with Crippen molar-refractivity contribution in [2.45, 2.75) is 18.7 Å². The van der Waals surface area contributed by atoms with Crippen LogP contribution in [0.15, 0.2) is 41.3 Å². The van der Waals surface area contributed by atoms with Crippen LogP contribution < -0.4 is 14.8 Å². The summed E-state index contributed by atoms with van der Waals surface area (Å²) >= 11 is 0. The van der Waals surface area contributed by atoms with Crippen LogP contribution in [0.5, 0.6) is 5.75 Å². The number of nitrogens with one attached hydrogen (secondary N) is 2. The third kappa shape index (κ3) is 4.87. The van der Waals surface area contributed by atoms with Gasteiger partial charge in [0.05, 0.1) is 12.7 Å². The highest BCUT2D eigenvalue weighted by atomic mass is 32.2. The van der Waals surface area contributed by atoms with E-state index < -0.39 is 28.5 Å². The standard InChI is InChI=1S/C19H22N2O6S/c1-12-6-5-7-13(2)18(12)21-17(22)11-27-19(23)14-8-9-15(26-4)16(10-14)28(24,25)20-3/h5-10,20H,11H2,1-4H3,(H,21,22). The Morgan fingerprint density at radius 2 is 1.71 bits per heavy atom. The lowest BCUT2D eigenvalue weighted by Gasteiger charge is -2.12. The lowest BCUT2D eigenvalue weighted by Crippen LogP contribution is -2.22. The van der Waals surface area contributed by atoms with Crippen molar-refractivity contribution < 1.29 is 27.5 Å². The number of benzene rings is 2. The SMILES string of the molecule is CNS(=O)(=O)c1cc(C(=O)OCC(=O)Nc2c(C)cccc2C)ccc1OC. The first kappa shape index (κ1) is 21.4. The van der Waals surface area contributed by atoms with E-state index in [4.69, 9.17) is 9.47 Å². The van der Waals surface area contributed by atoms with Gasteiger partial charge in [0.2, 0.25) is 10.0 Å². The van der Waals surface area contributed by atoms with Crippen LogP contribution in [-0.2, 0) is 19.6 Å². The molecule has 150 valence electrons. The second kappa shape index (κ2) is 8.85. The number of hydrogen-bond acceptors (Lipinski definition) is 6. The minimum Gasteiger partial charge on any atom is -0.495 e. The van der Waals surface area contributed by atoms with Crippen LogP contribution in [0.3, 0.4) is 0 Å². The van der Waals surface area contributed by atoms with Gasteiger partial charge in [0.15, 0.2) is 6.61 Å². The van der Waals surface area contributed by atoms with Crippen molar-refractivity contribution in [3.8, 4) is 5.75 Å². The molecule has 0 heterocycles. The van der Waals surface area contributed by atoms with Crippen molar-refractivity contribution in [3.05, 3.63) is 53.1 Å². The molecular formula is C19H22N2O6S. The van der Waals surface area contributed by atoms with Gasteiger partial charge < -0.3 is 14.8 Å². The van der Waals surface area contributed by atoms with Crippen molar-refractivity contribution in [3.63, 3.8) is 0 Å². The molecule has 0 aliphatic heterocycles. The number of sulfonamides is 1. The fourth-order valence-corrected chi connectivity index (χ4v) is 3.44. The summed E-state index contributed by atoms with van der Waals surface area (Å²) in [6.45, 7) is 3.21. The first-order chi connectivity index (χ1) is 13.2. The van der Waals surface area contributed by atoms with Gasteiger partial charge in [-0.3, -0.25) is 4.79 Å². The van der Waals surface area contributed by atoms with E-state index in [1.165, 1.54) is 26.3 Å². The third-order valence-electron chi connectivity index (χ3n) is 4.04. The molecule has 0 radical (unpaired) electrons. The summed E-state index contributed by atoms with van der Waals surface area (Å²) in [6, 6.07) is 9.43. The molecule has 1 amide bonds. The minimum absolute atomic E-state index is 0.0190. The molecule has 0 aromatic heterocycles. The second-order valence-electron chi connectivity index (χ2n) is 5.96. The average Bonchev–Trinajstić information content (AvgIpc) is 2.68. The van der Waals surface area contributed by atoms with Gasteiger partial charge in [0.1, 0.15) is 10.6 Å². The van der Waals surface area contributed by atoms with Gasteiger partial charge >= 0.3 is 5.97 Å². The zero-order valence-corrected chi connectivity index (χ0v) is 16.8. The average molecular weight is 406 g/mol. The van der Waals surface area contributed by atoms with Crippen molar-refractivity contribution in [1.29, 1.82) is 0 Å². The summed E-state index contributed by atoms with van der Waals surface area (Å²) in [4.78, 5) is 24.2. The fourth-order valence-electron chi connectivity index (χ4n) is 2.53. The van der Waals surface area contributed by atoms with Crippen molar-refractivity contribution >= 4 is 27.6 Å². The first-order valence-electron chi connectivity index (χ1n) is 8.34. The molecule has 0 aliphatic carbocycles. The van der Waals surface area contributed by atoms with Gasteiger partial charge in [-0.15, -0.1) is 0 Å². The highest BCUT2D eigenvalue weighted by Gasteiger charge is 2.21. The molecule has 8 nitrogen and oxygen atoms in total. The Labute approximate surface area is 163 Å². The van der Waals surface area contributed by atoms with Gasteiger partial charge in [-0.25, -0.2) is 17.9 Å². The number of para-hydroxylation sites is 1. The summed E-state index contributed by atoms with van der Waals surface area (Å²) in [5, 5.41) is 2.71. The number of anilines is 1. The minimum atomic E-state index is -3.84. The van der Waals surface area contributed by atoms with E-state index in [9.17, 15) is 18.0 Å². The number of methoxy groups -OCH3 is 1.